The van der Waals surface area contributed by atoms with Gasteiger partial charge in [-0.05, 0) is 19.3 Å². The monoisotopic (exact) mass is 266 g/mol. The van der Waals surface area contributed by atoms with Gasteiger partial charge in [0.15, 0.2) is 0 Å². The molecule has 2 saturated carbocycles. The van der Waals surface area contributed by atoms with Gasteiger partial charge in [-0.25, -0.2) is 0 Å². The summed E-state index contributed by atoms with van der Waals surface area (Å²) in [5.74, 6) is 2.28. The van der Waals surface area contributed by atoms with Gasteiger partial charge in [-0.3, -0.25) is 0 Å². The predicted octanol–water partition coefficient (Wildman–Crippen LogP) is 1.17. The standard InChI is InChI=1S/C15H22O4/c1-4-10-12(16)6-7-14(17-3)13(10)11(5-2)15(14)18-8-9-19-15/h1,10-13,16H,5-9H2,2-3H3. The fraction of sp³-hybridized carbons (Fsp3) is 0.867. The lowest BCUT2D eigenvalue weighted by atomic mass is 9.46. The Hall–Kier alpha value is -0.600. The van der Waals surface area contributed by atoms with E-state index in [0.29, 0.717) is 19.6 Å². The first-order chi connectivity index (χ1) is 9.16. The van der Waals surface area contributed by atoms with Gasteiger partial charge in [-0.2, -0.15) is 0 Å². The molecule has 4 heteroatoms. The van der Waals surface area contributed by atoms with Gasteiger partial charge < -0.3 is 19.3 Å². The van der Waals surface area contributed by atoms with Crippen LogP contribution in [0, 0.1) is 30.1 Å². The van der Waals surface area contributed by atoms with E-state index in [1.807, 2.05) is 0 Å². The molecule has 0 radical (unpaired) electrons. The van der Waals surface area contributed by atoms with Crippen LogP contribution in [0.25, 0.3) is 0 Å². The van der Waals surface area contributed by atoms with Gasteiger partial charge in [0.2, 0.25) is 5.79 Å². The van der Waals surface area contributed by atoms with E-state index >= 15 is 0 Å². The number of rotatable bonds is 2. The fourth-order valence-corrected chi connectivity index (χ4v) is 4.68. The highest BCUT2D eigenvalue weighted by Crippen LogP contribution is 2.66. The third kappa shape index (κ3) is 1.39. The predicted molar refractivity (Wildman–Crippen MR) is 69.2 cm³/mol. The molecule has 3 fully saturated rings. The van der Waals surface area contributed by atoms with Crippen molar-refractivity contribution in [2.45, 2.75) is 43.7 Å². The Morgan fingerprint density at radius 1 is 1.42 bits per heavy atom. The molecule has 0 amide bonds. The van der Waals surface area contributed by atoms with E-state index in [9.17, 15) is 5.11 Å². The van der Waals surface area contributed by atoms with Crippen molar-refractivity contribution in [1.82, 2.24) is 0 Å². The maximum Gasteiger partial charge on any atom is 0.201 e. The van der Waals surface area contributed by atoms with Gasteiger partial charge in [0.05, 0.1) is 25.2 Å². The molecular formula is C15H22O4. The molecule has 5 atom stereocenters. The number of terminal acetylenes is 1. The van der Waals surface area contributed by atoms with E-state index in [0.717, 1.165) is 12.8 Å². The van der Waals surface area contributed by atoms with Gasteiger partial charge in [0.25, 0.3) is 0 Å². The molecule has 0 aromatic heterocycles. The summed E-state index contributed by atoms with van der Waals surface area (Å²) in [6.45, 7) is 3.33. The molecule has 1 heterocycles. The van der Waals surface area contributed by atoms with E-state index in [4.69, 9.17) is 20.6 Å². The Bertz CT molecular complexity index is 395. The van der Waals surface area contributed by atoms with E-state index in [2.05, 4.69) is 12.8 Å². The summed E-state index contributed by atoms with van der Waals surface area (Å²) >= 11 is 0. The van der Waals surface area contributed by atoms with E-state index in [1.165, 1.54) is 0 Å². The number of aliphatic hydroxyl groups is 1. The first-order valence-electron chi connectivity index (χ1n) is 7.14. The van der Waals surface area contributed by atoms with E-state index in [1.54, 1.807) is 7.11 Å². The van der Waals surface area contributed by atoms with Crippen LogP contribution in [0.1, 0.15) is 26.2 Å². The molecule has 3 aliphatic rings. The lowest BCUT2D eigenvalue weighted by Gasteiger charge is -2.68. The van der Waals surface area contributed by atoms with Crippen molar-refractivity contribution in [3.63, 3.8) is 0 Å². The zero-order valence-corrected chi connectivity index (χ0v) is 11.6. The number of fused-ring (bicyclic) bond motifs is 2. The Morgan fingerprint density at radius 2 is 2.11 bits per heavy atom. The Morgan fingerprint density at radius 3 is 2.63 bits per heavy atom. The van der Waals surface area contributed by atoms with Crippen molar-refractivity contribution in [3.8, 4) is 12.3 Å². The lowest BCUT2D eigenvalue weighted by molar-refractivity contribution is -0.416. The van der Waals surface area contributed by atoms with E-state index < -0.39 is 17.5 Å². The summed E-state index contributed by atoms with van der Waals surface area (Å²) in [6.07, 6.45) is 7.51. The van der Waals surface area contributed by atoms with Crippen molar-refractivity contribution >= 4 is 0 Å². The van der Waals surface area contributed by atoms with Crippen molar-refractivity contribution in [2.24, 2.45) is 17.8 Å². The summed E-state index contributed by atoms with van der Waals surface area (Å²) in [7, 11) is 1.71. The van der Waals surface area contributed by atoms with Gasteiger partial charge in [0, 0.05) is 18.9 Å². The van der Waals surface area contributed by atoms with Crippen LogP contribution in [-0.4, -0.2) is 42.9 Å². The fourth-order valence-electron chi connectivity index (χ4n) is 4.68. The number of hydrogen-bond donors (Lipinski definition) is 1. The highest BCUT2D eigenvalue weighted by molar-refractivity contribution is 5.25. The number of methoxy groups -OCH3 is 1. The second-order valence-electron chi connectivity index (χ2n) is 5.80. The summed E-state index contributed by atoms with van der Waals surface area (Å²) in [4.78, 5) is 0. The minimum absolute atomic E-state index is 0.120. The van der Waals surface area contributed by atoms with Gasteiger partial charge in [-0.1, -0.05) is 6.92 Å². The Balaban J connectivity index is 2.01. The van der Waals surface area contributed by atoms with Crippen molar-refractivity contribution in [2.75, 3.05) is 20.3 Å². The lowest BCUT2D eigenvalue weighted by Crippen LogP contribution is -2.80. The van der Waals surface area contributed by atoms with Crippen LogP contribution in [0.3, 0.4) is 0 Å². The van der Waals surface area contributed by atoms with Crippen LogP contribution in [0.2, 0.25) is 0 Å². The van der Waals surface area contributed by atoms with E-state index in [-0.39, 0.29) is 17.8 Å². The molecule has 106 valence electrons. The number of aliphatic hydroxyl groups excluding tert-OH is 1. The largest absolute Gasteiger partial charge is 0.392 e. The molecule has 0 bridgehead atoms. The third-order valence-electron chi connectivity index (χ3n) is 5.38. The average molecular weight is 266 g/mol. The Labute approximate surface area is 114 Å². The molecule has 0 aromatic rings. The van der Waals surface area contributed by atoms with Crippen molar-refractivity contribution in [3.05, 3.63) is 0 Å². The van der Waals surface area contributed by atoms with Crippen LogP contribution in [0.15, 0.2) is 0 Å². The first kappa shape index (κ1) is 13.4. The summed E-state index contributed by atoms with van der Waals surface area (Å²) in [5, 5.41) is 10.2. The smallest absolute Gasteiger partial charge is 0.201 e. The molecule has 1 aliphatic heterocycles. The topological polar surface area (TPSA) is 47.9 Å². The molecule has 1 saturated heterocycles. The summed E-state index contributed by atoms with van der Waals surface area (Å²) in [6, 6.07) is 0. The van der Waals surface area contributed by atoms with Crippen LogP contribution in [0.5, 0.6) is 0 Å². The second kappa shape index (κ2) is 4.46. The average Bonchev–Trinajstić information content (AvgIpc) is 2.92. The second-order valence-corrected chi connectivity index (χ2v) is 5.80. The van der Waals surface area contributed by atoms with Crippen molar-refractivity contribution in [1.29, 1.82) is 0 Å². The molecule has 2 aliphatic carbocycles. The molecule has 3 rings (SSSR count). The van der Waals surface area contributed by atoms with Gasteiger partial charge in [0.1, 0.15) is 5.60 Å². The molecule has 1 spiro atoms. The third-order valence-corrected chi connectivity index (χ3v) is 5.38. The molecule has 19 heavy (non-hydrogen) atoms. The Kier molecular flexibility index (Phi) is 3.14. The first-order valence-corrected chi connectivity index (χ1v) is 7.14. The number of hydrogen-bond acceptors (Lipinski definition) is 4. The van der Waals surface area contributed by atoms with Crippen LogP contribution in [-0.2, 0) is 14.2 Å². The number of ether oxygens (including phenoxy) is 3. The van der Waals surface area contributed by atoms with Crippen molar-refractivity contribution < 1.29 is 19.3 Å². The molecular weight excluding hydrogens is 244 g/mol. The quantitative estimate of drug-likeness (QED) is 0.762. The summed E-state index contributed by atoms with van der Waals surface area (Å²) in [5.41, 5.74) is -0.486. The molecule has 1 N–H and O–H groups in total. The highest BCUT2D eigenvalue weighted by Gasteiger charge is 2.78. The van der Waals surface area contributed by atoms with Crippen LogP contribution in [0.4, 0.5) is 0 Å². The van der Waals surface area contributed by atoms with Crippen LogP contribution >= 0.6 is 0 Å². The van der Waals surface area contributed by atoms with Gasteiger partial charge in [-0.15, -0.1) is 12.3 Å². The minimum atomic E-state index is -0.642. The maximum absolute atomic E-state index is 10.2. The normalized spacial score (nSPS) is 47.5. The minimum Gasteiger partial charge on any atom is -0.392 e. The zero-order chi connectivity index (χ0) is 13.7. The molecule has 4 nitrogen and oxygen atoms in total. The highest BCUT2D eigenvalue weighted by atomic mass is 16.8. The zero-order valence-electron chi connectivity index (χ0n) is 11.6. The maximum atomic E-state index is 10.2. The van der Waals surface area contributed by atoms with Crippen LogP contribution < -0.4 is 0 Å². The molecule has 5 unspecified atom stereocenters. The molecule has 0 aromatic carbocycles. The van der Waals surface area contributed by atoms with Gasteiger partial charge >= 0.3 is 0 Å². The summed E-state index contributed by atoms with van der Waals surface area (Å²) < 4.78 is 17.8. The SMILES string of the molecule is C#CC1C(O)CCC2(OC)C1C(CC)C21OCCO1.